The van der Waals surface area contributed by atoms with Crippen molar-refractivity contribution in [3.8, 4) is 11.5 Å². The zero-order valence-electron chi connectivity index (χ0n) is 12.0. The van der Waals surface area contributed by atoms with E-state index in [9.17, 15) is 0 Å². The topological polar surface area (TPSA) is 56.3 Å². The van der Waals surface area contributed by atoms with E-state index in [0.29, 0.717) is 19.8 Å². The molecule has 1 N–H and O–H groups in total. The number of benzene rings is 2. The van der Waals surface area contributed by atoms with E-state index in [1.54, 1.807) is 6.33 Å². The molecule has 5 heteroatoms. The van der Waals surface area contributed by atoms with Gasteiger partial charge in [-0.25, -0.2) is 9.97 Å². The standard InChI is InChI=1S/C17H15N3O2/c1-2-4-14-13(3-1)17(20-11-19-14)18-10-12-5-6-15-16(9-12)22-8-7-21-15/h1-6,9,11H,7-8,10H2,(H,18,19,20). The highest BCUT2D eigenvalue weighted by molar-refractivity contribution is 5.88. The van der Waals surface area contributed by atoms with Crippen molar-refractivity contribution in [2.24, 2.45) is 0 Å². The summed E-state index contributed by atoms with van der Waals surface area (Å²) < 4.78 is 11.1. The summed E-state index contributed by atoms with van der Waals surface area (Å²) in [6.45, 7) is 1.87. The number of hydrogen-bond acceptors (Lipinski definition) is 5. The van der Waals surface area contributed by atoms with E-state index in [4.69, 9.17) is 9.47 Å². The van der Waals surface area contributed by atoms with E-state index in [-0.39, 0.29) is 0 Å². The van der Waals surface area contributed by atoms with Crippen LogP contribution in [0.3, 0.4) is 0 Å². The van der Waals surface area contributed by atoms with Crippen LogP contribution in [0.1, 0.15) is 5.56 Å². The first-order chi connectivity index (χ1) is 10.9. The van der Waals surface area contributed by atoms with Crippen molar-refractivity contribution in [2.75, 3.05) is 18.5 Å². The van der Waals surface area contributed by atoms with Gasteiger partial charge in [0.05, 0.1) is 5.52 Å². The fourth-order valence-corrected chi connectivity index (χ4v) is 2.53. The van der Waals surface area contributed by atoms with Crippen molar-refractivity contribution in [3.05, 3.63) is 54.4 Å². The van der Waals surface area contributed by atoms with Crippen molar-refractivity contribution in [3.63, 3.8) is 0 Å². The fourth-order valence-electron chi connectivity index (χ4n) is 2.53. The number of nitrogens with zero attached hydrogens (tertiary/aromatic N) is 2. The maximum absolute atomic E-state index is 5.61. The molecule has 0 bridgehead atoms. The normalized spacial score (nSPS) is 13.1. The summed E-state index contributed by atoms with van der Waals surface area (Å²) in [5.74, 6) is 2.45. The van der Waals surface area contributed by atoms with Crippen LogP contribution in [0.25, 0.3) is 10.9 Å². The molecule has 0 fully saturated rings. The van der Waals surface area contributed by atoms with Gasteiger partial charge in [0.1, 0.15) is 25.4 Å². The lowest BCUT2D eigenvalue weighted by Crippen LogP contribution is -2.15. The summed E-state index contributed by atoms with van der Waals surface area (Å²) in [6, 6.07) is 13.9. The van der Waals surface area contributed by atoms with Crippen molar-refractivity contribution in [1.82, 2.24) is 9.97 Å². The van der Waals surface area contributed by atoms with Crippen LogP contribution in [0.5, 0.6) is 11.5 Å². The highest BCUT2D eigenvalue weighted by atomic mass is 16.6. The first kappa shape index (κ1) is 12.9. The minimum absolute atomic E-state index is 0.598. The molecule has 110 valence electrons. The lowest BCUT2D eigenvalue weighted by atomic mass is 10.2. The van der Waals surface area contributed by atoms with Crippen LogP contribution in [0.15, 0.2) is 48.8 Å². The van der Waals surface area contributed by atoms with Crippen molar-refractivity contribution in [1.29, 1.82) is 0 Å². The quantitative estimate of drug-likeness (QED) is 0.804. The van der Waals surface area contributed by atoms with Crippen LogP contribution in [-0.4, -0.2) is 23.2 Å². The minimum Gasteiger partial charge on any atom is -0.486 e. The van der Waals surface area contributed by atoms with Gasteiger partial charge in [-0.2, -0.15) is 0 Å². The Kier molecular flexibility index (Phi) is 3.23. The van der Waals surface area contributed by atoms with E-state index in [2.05, 4.69) is 15.3 Å². The average Bonchev–Trinajstić information content (AvgIpc) is 2.60. The number of anilines is 1. The van der Waals surface area contributed by atoms with Crippen LogP contribution in [0.4, 0.5) is 5.82 Å². The first-order valence-corrected chi connectivity index (χ1v) is 7.22. The third-order valence-electron chi connectivity index (χ3n) is 3.61. The molecular weight excluding hydrogens is 278 g/mol. The predicted molar refractivity (Wildman–Crippen MR) is 84.3 cm³/mol. The van der Waals surface area contributed by atoms with Gasteiger partial charge < -0.3 is 14.8 Å². The van der Waals surface area contributed by atoms with Crippen LogP contribution in [0.2, 0.25) is 0 Å². The van der Waals surface area contributed by atoms with E-state index >= 15 is 0 Å². The molecule has 2 heterocycles. The largest absolute Gasteiger partial charge is 0.486 e. The molecule has 0 saturated heterocycles. The molecule has 0 radical (unpaired) electrons. The molecule has 4 rings (SSSR count). The minimum atomic E-state index is 0.598. The second-order valence-corrected chi connectivity index (χ2v) is 5.07. The molecule has 1 aromatic heterocycles. The van der Waals surface area contributed by atoms with Gasteiger partial charge in [-0.1, -0.05) is 18.2 Å². The third-order valence-corrected chi connectivity index (χ3v) is 3.61. The molecule has 0 spiro atoms. The van der Waals surface area contributed by atoms with Gasteiger partial charge in [0.2, 0.25) is 0 Å². The molecule has 0 amide bonds. The van der Waals surface area contributed by atoms with Gasteiger partial charge in [0.25, 0.3) is 0 Å². The molecular formula is C17H15N3O2. The summed E-state index contributed by atoms with van der Waals surface area (Å²) >= 11 is 0. The first-order valence-electron chi connectivity index (χ1n) is 7.22. The Morgan fingerprint density at radius 3 is 2.77 bits per heavy atom. The van der Waals surface area contributed by atoms with Gasteiger partial charge in [-0.3, -0.25) is 0 Å². The van der Waals surface area contributed by atoms with E-state index < -0.39 is 0 Å². The Bertz CT molecular complexity index is 815. The Morgan fingerprint density at radius 2 is 1.82 bits per heavy atom. The Hall–Kier alpha value is -2.82. The molecule has 0 aliphatic carbocycles. The van der Waals surface area contributed by atoms with Crippen molar-refractivity contribution < 1.29 is 9.47 Å². The summed E-state index contributed by atoms with van der Waals surface area (Å²) in [5, 5.41) is 4.38. The maximum atomic E-state index is 5.61. The van der Waals surface area contributed by atoms with Gasteiger partial charge in [0, 0.05) is 11.9 Å². The SMILES string of the molecule is c1ccc2c(NCc3ccc4c(c3)OCCO4)ncnc2c1. The lowest BCUT2D eigenvalue weighted by Gasteiger charge is -2.19. The number of ether oxygens (including phenoxy) is 2. The smallest absolute Gasteiger partial charge is 0.161 e. The highest BCUT2D eigenvalue weighted by Gasteiger charge is 2.11. The second-order valence-electron chi connectivity index (χ2n) is 5.07. The van der Waals surface area contributed by atoms with Gasteiger partial charge in [-0.05, 0) is 29.8 Å². The monoisotopic (exact) mass is 293 g/mol. The number of para-hydroxylation sites is 1. The summed E-state index contributed by atoms with van der Waals surface area (Å²) in [4.78, 5) is 8.60. The maximum Gasteiger partial charge on any atom is 0.161 e. The highest BCUT2D eigenvalue weighted by Crippen LogP contribution is 2.31. The number of nitrogens with one attached hydrogen (secondary N) is 1. The zero-order valence-corrected chi connectivity index (χ0v) is 12.0. The molecule has 1 aliphatic rings. The molecule has 0 saturated carbocycles. The fraction of sp³-hybridized carbons (Fsp3) is 0.176. The van der Waals surface area contributed by atoms with E-state index in [1.807, 2.05) is 42.5 Å². The number of aromatic nitrogens is 2. The molecule has 0 atom stereocenters. The van der Waals surface area contributed by atoms with Crippen LogP contribution < -0.4 is 14.8 Å². The van der Waals surface area contributed by atoms with Crippen molar-refractivity contribution in [2.45, 2.75) is 6.54 Å². The van der Waals surface area contributed by atoms with Gasteiger partial charge >= 0.3 is 0 Å². The van der Waals surface area contributed by atoms with E-state index in [0.717, 1.165) is 33.8 Å². The zero-order chi connectivity index (χ0) is 14.8. The molecule has 3 aromatic rings. The number of hydrogen-bond donors (Lipinski definition) is 1. The van der Waals surface area contributed by atoms with E-state index in [1.165, 1.54) is 0 Å². The second kappa shape index (κ2) is 5.52. The summed E-state index contributed by atoms with van der Waals surface area (Å²) in [5.41, 5.74) is 2.05. The lowest BCUT2D eigenvalue weighted by molar-refractivity contribution is 0.171. The molecule has 1 aliphatic heterocycles. The Morgan fingerprint density at radius 1 is 0.955 bits per heavy atom. The van der Waals surface area contributed by atoms with Crippen LogP contribution in [-0.2, 0) is 6.54 Å². The van der Waals surface area contributed by atoms with Crippen LogP contribution in [0, 0.1) is 0 Å². The number of fused-ring (bicyclic) bond motifs is 2. The molecule has 2 aromatic carbocycles. The molecule has 5 nitrogen and oxygen atoms in total. The summed E-state index contributed by atoms with van der Waals surface area (Å²) in [6.07, 6.45) is 1.58. The average molecular weight is 293 g/mol. The molecule has 0 unspecified atom stereocenters. The van der Waals surface area contributed by atoms with Gasteiger partial charge in [-0.15, -0.1) is 0 Å². The Labute approximate surface area is 127 Å². The third kappa shape index (κ3) is 2.41. The van der Waals surface area contributed by atoms with Crippen molar-refractivity contribution >= 4 is 16.7 Å². The molecule has 22 heavy (non-hydrogen) atoms. The van der Waals surface area contributed by atoms with Crippen LogP contribution >= 0.6 is 0 Å². The van der Waals surface area contributed by atoms with Gasteiger partial charge in [0.15, 0.2) is 11.5 Å². The number of rotatable bonds is 3. The summed E-state index contributed by atoms with van der Waals surface area (Å²) in [7, 11) is 0. The Balaban J connectivity index is 1.57. The predicted octanol–water partition coefficient (Wildman–Crippen LogP) is 3.01.